The maximum atomic E-state index is 12.4. The van der Waals surface area contributed by atoms with Gasteiger partial charge in [0.05, 0.1) is 0 Å². The molecule has 0 aliphatic carbocycles. The van der Waals surface area contributed by atoms with Crippen LogP contribution in [0.25, 0.3) is 0 Å². The van der Waals surface area contributed by atoms with E-state index in [9.17, 15) is 14.4 Å². The highest BCUT2D eigenvalue weighted by Crippen LogP contribution is 2.16. The molecule has 0 bridgehead atoms. The number of carbonyl (C=O) groups is 3. The fourth-order valence-corrected chi connectivity index (χ4v) is 2.92. The number of hydrazine groups is 1. The van der Waals surface area contributed by atoms with Gasteiger partial charge in [-0.3, -0.25) is 25.2 Å². The summed E-state index contributed by atoms with van der Waals surface area (Å²) in [6.45, 7) is 5.59. The molecule has 3 N–H and O–H groups in total. The first kappa shape index (κ1) is 22.6. The summed E-state index contributed by atoms with van der Waals surface area (Å²) in [7, 11) is 0. The molecule has 0 aliphatic heterocycles. The van der Waals surface area contributed by atoms with Crippen LogP contribution in [0.3, 0.4) is 0 Å². The second-order valence-corrected chi connectivity index (χ2v) is 7.38. The number of carbonyl (C=O) groups excluding carboxylic acids is 3. The molecular weight excluding hydrogens is 406 g/mol. The van der Waals surface area contributed by atoms with Crippen LogP contribution < -0.4 is 20.9 Å². The largest absolute Gasteiger partial charge is 0.484 e. The lowest BCUT2D eigenvalue weighted by Crippen LogP contribution is -2.43. The van der Waals surface area contributed by atoms with Gasteiger partial charge in [-0.1, -0.05) is 24.3 Å². The fraction of sp³-hybridized carbons (Fsp3) is 0.160. The molecule has 0 radical (unpaired) electrons. The number of aryl methyl sites for hydroxylation is 3. The number of anilines is 1. The topological polar surface area (TPSA) is 96.5 Å². The third kappa shape index (κ3) is 5.95. The predicted octanol–water partition coefficient (Wildman–Crippen LogP) is 3.70. The van der Waals surface area contributed by atoms with Gasteiger partial charge in [0, 0.05) is 16.8 Å². The first-order valence-corrected chi connectivity index (χ1v) is 10.1. The van der Waals surface area contributed by atoms with Gasteiger partial charge in [0.15, 0.2) is 6.61 Å². The fourth-order valence-electron chi connectivity index (χ4n) is 2.92. The van der Waals surface area contributed by atoms with Crippen molar-refractivity contribution in [3.8, 4) is 5.75 Å². The van der Waals surface area contributed by atoms with Crippen LogP contribution >= 0.6 is 0 Å². The average Bonchev–Trinajstić information content (AvgIpc) is 2.79. The normalized spacial score (nSPS) is 10.2. The van der Waals surface area contributed by atoms with E-state index in [4.69, 9.17) is 4.74 Å². The van der Waals surface area contributed by atoms with Crippen LogP contribution in [0.15, 0.2) is 66.7 Å². The molecule has 0 saturated carbocycles. The van der Waals surface area contributed by atoms with Crippen LogP contribution in [0, 0.1) is 20.8 Å². The zero-order valence-electron chi connectivity index (χ0n) is 18.2. The van der Waals surface area contributed by atoms with Crippen molar-refractivity contribution in [3.05, 3.63) is 94.5 Å². The quantitative estimate of drug-likeness (QED) is 0.519. The summed E-state index contributed by atoms with van der Waals surface area (Å²) in [5.41, 5.74) is 9.20. The lowest BCUT2D eigenvalue weighted by molar-refractivity contribution is -0.123. The number of hydrogen-bond acceptors (Lipinski definition) is 4. The zero-order valence-corrected chi connectivity index (χ0v) is 18.2. The van der Waals surface area contributed by atoms with Crippen LogP contribution in [-0.4, -0.2) is 24.3 Å². The highest BCUT2D eigenvalue weighted by atomic mass is 16.5. The van der Waals surface area contributed by atoms with Crippen LogP contribution in [0.1, 0.15) is 37.4 Å². The van der Waals surface area contributed by atoms with Gasteiger partial charge < -0.3 is 10.1 Å². The number of hydrogen-bond donors (Lipinski definition) is 3. The van der Waals surface area contributed by atoms with E-state index in [2.05, 4.69) is 16.2 Å². The lowest BCUT2D eigenvalue weighted by Gasteiger charge is -2.11. The van der Waals surface area contributed by atoms with Crippen molar-refractivity contribution in [3.63, 3.8) is 0 Å². The minimum Gasteiger partial charge on any atom is -0.484 e. The van der Waals surface area contributed by atoms with E-state index in [0.29, 0.717) is 22.6 Å². The third-order valence-corrected chi connectivity index (χ3v) is 4.96. The maximum Gasteiger partial charge on any atom is 0.276 e. The molecule has 3 aromatic carbocycles. The monoisotopic (exact) mass is 431 g/mol. The van der Waals surface area contributed by atoms with Gasteiger partial charge in [-0.05, 0) is 79.9 Å². The smallest absolute Gasteiger partial charge is 0.276 e. The Hall–Kier alpha value is -4.13. The number of amides is 3. The Morgan fingerprint density at radius 1 is 0.750 bits per heavy atom. The Morgan fingerprint density at radius 2 is 1.47 bits per heavy atom. The van der Waals surface area contributed by atoms with E-state index in [1.807, 2.05) is 45.0 Å². The van der Waals surface area contributed by atoms with E-state index >= 15 is 0 Å². The lowest BCUT2D eigenvalue weighted by atomic mass is 10.1. The summed E-state index contributed by atoms with van der Waals surface area (Å²) in [4.78, 5) is 36.6. The Kier molecular flexibility index (Phi) is 7.23. The molecule has 7 nitrogen and oxygen atoms in total. The molecule has 0 unspecified atom stereocenters. The summed E-state index contributed by atoms with van der Waals surface area (Å²) in [6.07, 6.45) is 0. The Labute approximate surface area is 186 Å². The van der Waals surface area contributed by atoms with Gasteiger partial charge in [-0.25, -0.2) is 0 Å². The molecule has 7 heteroatoms. The molecule has 0 saturated heterocycles. The van der Waals surface area contributed by atoms with E-state index in [1.165, 1.54) is 0 Å². The Balaban J connectivity index is 1.48. The molecule has 3 amide bonds. The number of nitrogens with one attached hydrogen (secondary N) is 3. The van der Waals surface area contributed by atoms with Crippen molar-refractivity contribution in [1.82, 2.24) is 10.9 Å². The van der Waals surface area contributed by atoms with Crippen molar-refractivity contribution < 1.29 is 19.1 Å². The minimum atomic E-state index is -0.487. The molecule has 3 rings (SSSR count). The highest BCUT2D eigenvalue weighted by Gasteiger charge is 2.11. The van der Waals surface area contributed by atoms with Crippen molar-refractivity contribution in [2.45, 2.75) is 20.8 Å². The first-order valence-electron chi connectivity index (χ1n) is 10.1. The summed E-state index contributed by atoms with van der Waals surface area (Å²) < 4.78 is 5.44. The molecule has 32 heavy (non-hydrogen) atoms. The SMILES string of the molecule is Cc1ccc(OCC(=O)NNC(=O)c2ccc(NC(=O)c3ccccc3C)cc2)cc1C. The molecule has 0 aliphatic rings. The predicted molar refractivity (Wildman–Crippen MR) is 123 cm³/mol. The molecule has 0 heterocycles. The van der Waals surface area contributed by atoms with Gasteiger partial charge in [0.2, 0.25) is 0 Å². The first-order chi connectivity index (χ1) is 15.3. The average molecular weight is 431 g/mol. The minimum absolute atomic E-state index is 0.226. The van der Waals surface area contributed by atoms with Gasteiger partial charge in [-0.2, -0.15) is 0 Å². The van der Waals surface area contributed by atoms with Crippen molar-refractivity contribution in [2.75, 3.05) is 11.9 Å². The number of benzene rings is 3. The zero-order chi connectivity index (χ0) is 23.1. The van der Waals surface area contributed by atoms with E-state index in [-0.39, 0.29) is 12.5 Å². The summed E-state index contributed by atoms with van der Waals surface area (Å²) >= 11 is 0. The van der Waals surface area contributed by atoms with Gasteiger partial charge in [0.25, 0.3) is 17.7 Å². The molecular formula is C25H25N3O4. The number of rotatable bonds is 6. The Morgan fingerprint density at radius 3 is 2.16 bits per heavy atom. The van der Waals surface area contributed by atoms with Gasteiger partial charge >= 0.3 is 0 Å². The second kappa shape index (κ2) is 10.3. The molecule has 0 aromatic heterocycles. The molecule has 0 fully saturated rings. The molecule has 3 aromatic rings. The van der Waals surface area contributed by atoms with Crippen LogP contribution in [0.2, 0.25) is 0 Å². The van der Waals surface area contributed by atoms with E-state index in [0.717, 1.165) is 16.7 Å². The van der Waals surface area contributed by atoms with Gasteiger partial charge in [-0.15, -0.1) is 0 Å². The standard InChI is InChI=1S/C25H25N3O4/c1-16-8-13-21(14-18(16)3)32-15-23(29)27-28-24(30)19-9-11-20(12-10-19)26-25(31)22-7-5-4-6-17(22)2/h4-14H,15H2,1-3H3,(H,26,31)(H,27,29)(H,28,30). The maximum absolute atomic E-state index is 12.4. The number of ether oxygens (including phenoxy) is 1. The molecule has 164 valence electrons. The second-order valence-electron chi connectivity index (χ2n) is 7.38. The summed E-state index contributed by atoms with van der Waals surface area (Å²) in [6, 6.07) is 19.2. The summed E-state index contributed by atoms with van der Waals surface area (Å²) in [5, 5.41) is 2.80. The summed E-state index contributed by atoms with van der Waals surface area (Å²) in [5.74, 6) is -0.616. The van der Waals surface area contributed by atoms with E-state index in [1.54, 1.807) is 42.5 Å². The van der Waals surface area contributed by atoms with Gasteiger partial charge in [0.1, 0.15) is 5.75 Å². The van der Waals surface area contributed by atoms with E-state index < -0.39 is 11.8 Å². The third-order valence-electron chi connectivity index (χ3n) is 4.96. The van der Waals surface area contributed by atoms with Crippen LogP contribution in [-0.2, 0) is 4.79 Å². The highest BCUT2D eigenvalue weighted by molar-refractivity contribution is 6.05. The molecule has 0 atom stereocenters. The van der Waals surface area contributed by atoms with Crippen molar-refractivity contribution in [2.24, 2.45) is 0 Å². The van der Waals surface area contributed by atoms with Crippen LogP contribution in [0.5, 0.6) is 5.75 Å². The molecule has 0 spiro atoms. The Bertz CT molecular complexity index is 1140. The van der Waals surface area contributed by atoms with Crippen molar-refractivity contribution >= 4 is 23.4 Å². The van der Waals surface area contributed by atoms with Crippen molar-refractivity contribution in [1.29, 1.82) is 0 Å². The van der Waals surface area contributed by atoms with Crippen LogP contribution in [0.4, 0.5) is 5.69 Å².